The first-order valence-electron chi connectivity index (χ1n) is 14.6. The lowest BCUT2D eigenvalue weighted by molar-refractivity contribution is -0.253. The van der Waals surface area contributed by atoms with E-state index in [4.69, 9.17) is 4.74 Å². The molecule has 0 aromatic rings. The van der Waals surface area contributed by atoms with E-state index in [0.29, 0.717) is 33.5 Å². The van der Waals surface area contributed by atoms with Crippen molar-refractivity contribution in [1.82, 2.24) is 0 Å². The molecule has 0 aliphatic heterocycles. The van der Waals surface area contributed by atoms with E-state index in [1.165, 1.54) is 63.4 Å². The van der Waals surface area contributed by atoms with Crippen LogP contribution in [0.2, 0.25) is 0 Å². The standard InChI is InChI=1S/C32H52O2/c1-20-12-15-29(6)18-19-31(8)23(27(29)21(20)2)10-11-25-30(7)16-14-26(34-22(3)33)28(4,5)24(30)13-17-32(25,31)9/h21,23-27H,1,10-19H2,2-9H3/t21-,23?,24+,25-,26+,27?,29-,30+,31-,32-/m1/s1. The highest BCUT2D eigenvalue weighted by Gasteiger charge is 2.70. The number of carbonyl (C=O) groups is 1. The van der Waals surface area contributed by atoms with Gasteiger partial charge in [-0.05, 0) is 115 Å². The van der Waals surface area contributed by atoms with Crippen LogP contribution in [0, 0.1) is 56.7 Å². The SMILES string of the molecule is C=C1CC[C@]2(C)CC[C@]3(C)C(CC[C@@H]4[C@@]5(C)CC[C@H](OC(C)=O)C(C)(C)[C@@H]5CC[C@]43C)C2[C@@H]1C. The Balaban J connectivity index is 1.50. The third-order valence-electron chi connectivity index (χ3n) is 13.8. The molecule has 0 radical (unpaired) electrons. The highest BCUT2D eigenvalue weighted by atomic mass is 16.5. The second-order valence-electron chi connectivity index (χ2n) is 15.3. The molecule has 5 saturated carbocycles. The van der Waals surface area contributed by atoms with Crippen molar-refractivity contribution in [3.05, 3.63) is 12.2 Å². The van der Waals surface area contributed by atoms with Crippen molar-refractivity contribution in [3.63, 3.8) is 0 Å². The molecule has 2 heteroatoms. The van der Waals surface area contributed by atoms with E-state index in [1.54, 1.807) is 6.92 Å². The molecule has 5 rings (SSSR count). The zero-order valence-corrected chi connectivity index (χ0v) is 23.6. The Morgan fingerprint density at radius 1 is 0.853 bits per heavy atom. The van der Waals surface area contributed by atoms with Crippen LogP contribution in [0.5, 0.6) is 0 Å². The van der Waals surface area contributed by atoms with Gasteiger partial charge in [-0.3, -0.25) is 4.79 Å². The van der Waals surface area contributed by atoms with Gasteiger partial charge in [-0.15, -0.1) is 0 Å². The van der Waals surface area contributed by atoms with Gasteiger partial charge >= 0.3 is 5.97 Å². The Bertz CT molecular complexity index is 872. The summed E-state index contributed by atoms with van der Waals surface area (Å²) >= 11 is 0. The van der Waals surface area contributed by atoms with Crippen LogP contribution in [-0.4, -0.2) is 12.1 Å². The van der Waals surface area contributed by atoms with E-state index >= 15 is 0 Å². The van der Waals surface area contributed by atoms with Crippen molar-refractivity contribution in [2.24, 2.45) is 56.7 Å². The summed E-state index contributed by atoms with van der Waals surface area (Å²) in [6.45, 7) is 24.2. The van der Waals surface area contributed by atoms with Gasteiger partial charge in [0, 0.05) is 12.3 Å². The second-order valence-corrected chi connectivity index (χ2v) is 15.3. The number of allylic oxidation sites excluding steroid dienone is 1. The number of carbonyl (C=O) groups excluding carboxylic acids is 1. The normalized spacial score (nSPS) is 54.2. The predicted molar refractivity (Wildman–Crippen MR) is 140 cm³/mol. The first kappa shape index (κ1) is 24.9. The molecule has 0 aromatic carbocycles. The first-order valence-corrected chi connectivity index (χ1v) is 14.6. The summed E-state index contributed by atoms with van der Waals surface area (Å²) in [6.07, 6.45) is 13.2. The van der Waals surface area contributed by atoms with Crippen LogP contribution in [0.15, 0.2) is 12.2 Å². The molecule has 0 saturated heterocycles. The Hall–Kier alpha value is -0.790. The summed E-state index contributed by atoms with van der Waals surface area (Å²) in [7, 11) is 0. The summed E-state index contributed by atoms with van der Waals surface area (Å²) in [5.74, 6) is 3.64. The minimum absolute atomic E-state index is 0.0541. The number of rotatable bonds is 1. The molecule has 0 amide bonds. The van der Waals surface area contributed by atoms with Crippen LogP contribution < -0.4 is 0 Å². The largest absolute Gasteiger partial charge is 0.462 e. The molecule has 5 fully saturated rings. The van der Waals surface area contributed by atoms with Crippen molar-refractivity contribution in [2.75, 3.05) is 0 Å². The number of ether oxygens (including phenoxy) is 1. The molecular formula is C32H52O2. The zero-order valence-electron chi connectivity index (χ0n) is 23.6. The molecule has 34 heavy (non-hydrogen) atoms. The van der Waals surface area contributed by atoms with Gasteiger partial charge in [-0.2, -0.15) is 0 Å². The van der Waals surface area contributed by atoms with Gasteiger partial charge in [0.05, 0.1) is 0 Å². The number of esters is 1. The van der Waals surface area contributed by atoms with Crippen LogP contribution in [0.1, 0.15) is 120 Å². The Labute approximate surface area is 210 Å². The molecular weight excluding hydrogens is 416 g/mol. The third kappa shape index (κ3) is 3.08. The maximum atomic E-state index is 11.9. The van der Waals surface area contributed by atoms with Crippen molar-refractivity contribution >= 4 is 5.97 Å². The number of hydrogen-bond donors (Lipinski definition) is 0. The molecule has 0 aromatic heterocycles. The van der Waals surface area contributed by atoms with E-state index in [2.05, 4.69) is 55.0 Å². The maximum absolute atomic E-state index is 11.9. The predicted octanol–water partition coefficient (Wildman–Crippen LogP) is 8.60. The molecule has 2 nitrogen and oxygen atoms in total. The van der Waals surface area contributed by atoms with Crippen LogP contribution in [-0.2, 0) is 9.53 Å². The third-order valence-corrected chi connectivity index (χ3v) is 13.8. The lowest BCUT2D eigenvalue weighted by atomic mass is 9.31. The fourth-order valence-electron chi connectivity index (χ4n) is 11.8. The summed E-state index contributed by atoms with van der Waals surface area (Å²) in [6, 6.07) is 0. The number of hydrogen-bond acceptors (Lipinski definition) is 2. The van der Waals surface area contributed by atoms with Gasteiger partial charge in [0.15, 0.2) is 0 Å². The Morgan fingerprint density at radius 3 is 2.24 bits per heavy atom. The highest BCUT2D eigenvalue weighted by molar-refractivity contribution is 5.66. The fourth-order valence-corrected chi connectivity index (χ4v) is 11.8. The van der Waals surface area contributed by atoms with Crippen molar-refractivity contribution in [2.45, 2.75) is 126 Å². The summed E-state index contributed by atoms with van der Waals surface area (Å²) < 4.78 is 5.91. The van der Waals surface area contributed by atoms with Gasteiger partial charge in [0.25, 0.3) is 0 Å². The number of fused-ring (bicyclic) bond motifs is 7. The van der Waals surface area contributed by atoms with Crippen molar-refractivity contribution in [3.8, 4) is 0 Å². The molecule has 0 spiro atoms. The first-order chi connectivity index (χ1) is 15.7. The van der Waals surface area contributed by atoms with E-state index < -0.39 is 0 Å². The van der Waals surface area contributed by atoms with Crippen molar-refractivity contribution < 1.29 is 9.53 Å². The topological polar surface area (TPSA) is 26.3 Å². The summed E-state index contributed by atoms with van der Waals surface area (Å²) in [4.78, 5) is 11.9. The average Bonchev–Trinajstić information content (AvgIpc) is 2.74. The molecule has 0 bridgehead atoms. The lowest BCUT2D eigenvalue weighted by Gasteiger charge is -2.73. The van der Waals surface area contributed by atoms with Crippen LogP contribution in [0.4, 0.5) is 0 Å². The van der Waals surface area contributed by atoms with Gasteiger partial charge in [0.1, 0.15) is 6.10 Å². The van der Waals surface area contributed by atoms with E-state index in [0.717, 1.165) is 24.2 Å². The maximum Gasteiger partial charge on any atom is 0.302 e. The Morgan fingerprint density at radius 2 is 1.56 bits per heavy atom. The molecule has 192 valence electrons. The minimum Gasteiger partial charge on any atom is -0.462 e. The smallest absolute Gasteiger partial charge is 0.302 e. The highest BCUT2D eigenvalue weighted by Crippen LogP contribution is 2.77. The molecule has 0 N–H and O–H groups in total. The van der Waals surface area contributed by atoms with Crippen LogP contribution in [0.25, 0.3) is 0 Å². The van der Waals surface area contributed by atoms with Crippen LogP contribution >= 0.6 is 0 Å². The monoisotopic (exact) mass is 468 g/mol. The van der Waals surface area contributed by atoms with Gasteiger partial charge in [-0.1, -0.05) is 60.6 Å². The second kappa shape index (κ2) is 7.61. The Kier molecular flexibility index (Phi) is 5.57. The quantitative estimate of drug-likeness (QED) is 0.284. The molecule has 5 aliphatic carbocycles. The van der Waals surface area contributed by atoms with Crippen molar-refractivity contribution in [1.29, 1.82) is 0 Å². The van der Waals surface area contributed by atoms with Gasteiger partial charge in [-0.25, -0.2) is 0 Å². The fraction of sp³-hybridized carbons (Fsp3) is 0.906. The molecule has 5 aliphatic rings. The zero-order chi connectivity index (χ0) is 24.9. The van der Waals surface area contributed by atoms with Gasteiger partial charge in [0.2, 0.25) is 0 Å². The van der Waals surface area contributed by atoms with Gasteiger partial charge < -0.3 is 4.74 Å². The molecule has 10 atom stereocenters. The molecule has 2 unspecified atom stereocenters. The molecule has 0 heterocycles. The van der Waals surface area contributed by atoms with E-state index in [9.17, 15) is 4.79 Å². The summed E-state index contributed by atoms with van der Waals surface area (Å²) in [5, 5.41) is 0. The average molecular weight is 469 g/mol. The summed E-state index contributed by atoms with van der Waals surface area (Å²) in [5.41, 5.74) is 3.28. The van der Waals surface area contributed by atoms with E-state index in [-0.39, 0.29) is 17.5 Å². The van der Waals surface area contributed by atoms with E-state index in [1.807, 2.05) is 0 Å². The van der Waals surface area contributed by atoms with Crippen LogP contribution in [0.3, 0.4) is 0 Å². The lowest BCUT2D eigenvalue weighted by Crippen LogP contribution is -2.67. The minimum atomic E-state index is -0.108.